The molecule has 3 heterocycles. The summed E-state index contributed by atoms with van der Waals surface area (Å²) in [5.74, 6) is -1.00. The van der Waals surface area contributed by atoms with Crippen molar-refractivity contribution in [2.24, 2.45) is 0 Å². The molecular weight excluding hydrogens is 499 g/mol. The number of hydrogen-bond acceptors (Lipinski definition) is 6. The van der Waals surface area contributed by atoms with Gasteiger partial charge in [0, 0.05) is 23.8 Å². The van der Waals surface area contributed by atoms with E-state index in [0.29, 0.717) is 11.5 Å². The molecule has 0 radical (unpaired) electrons. The Labute approximate surface area is 195 Å². The number of carbonyl (C=O) groups is 3. The third-order valence-corrected chi connectivity index (χ3v) is 5.23. The Balaban J connectivity index is 1.46. The predicted molar refractivity (Wildman–Crippen MR) is 120 cm³/mol. The number of benzene rings is 1. The summed E-state index contributed by atoms with van der Waals surface area (Å²) in [5, 5.41) is 5.20. The van der Waals surface area contributed by atoms with Gasteiger partial charge in [-0.15, -0.1) is 0 Å². The van der Waals surface area contributed by atoms with Gasteiger partial charge in [0.05, 0.1) is 24.5 Å². The Morgan fingerprint density at radius 1 is 1.27 bits per heavy atom. The number of ether oxygens (including phenoxy) is 1. The van der Waals surface area contributed by atoms with Crippen LogP contribution in [0.1, 0.15) is 17.4 Å². The van der Waals surface area contributed by atoms with Crippen molar-refractivity contribution in [1.29, 1.82) is 0 Å². The van der Waals surface area contributed by atoms with E-state index in [4.69, 9.17) is 4.74 Å². The minimum absolute atomic E-state index is 0.0760. The maximum atomic E-state index is 14.9. The molecule has 1 fully saturated rings. The highest BCUT2D eigenvalue weighted by molar-refractivity contribution is 9.10. The summed E-state index contributed by atoms with van der Waals surface area (Å²) in [4.78, 5) is 45.0. The molecule has 2 aromatic heterocycles. The first-order chi connectivity index (χ1) is 15.8. The molecule has 4 rings (SSSR count). The standard InChI is InChI=1S/C21H18BrFN6O4/c1-12(30)24-8-15-9-29(21(32)33-15)14-3-4-18(16(23)6-14)28-10-17(26-11-28)20(31)27-19-5-2-13(22)7-25-19/h2-7,10-11,15H,8-9H2,1H3,(H,24,30)(H,25,27,31)/t15-/m0/s1. The van der Waals surface area contributed by atoms with Gasteiger partial charge in [-0.2, -0.15) is 0 Å². The van der Waals surface area contributed by atoms with Crippen LogP contribution in [0.2, 0.25) is 0 Å². The van der Waals surface area contributed by atoms with Crippen LogP contribution in [0, 0.1) is 5.82 Å². The highest BCUT2D eigenvalue weighted by atomic mass is 79.9. The first-order valence-electron chi connectivity index (χ1n) is 9.79. The lowest BCUT2D eigenvalue weighted by Crippen LogP contribution is -2.33. The van der Waals surface area contributed by atoms with Gasteiger partial charge >= 0.3 is 6.09 Å². The van der Waals surface area contributed by atoms with Crippen LogP contribution in [-0.2, 0) is 9.53 Å². The lowest BCUT2D eigenvalue weighted by molar-refractivity contribution is -0.119. The number of cyclic esters (lactones) is 1. The number of halogens is 2. The molecule has 2 N–H and O–H groups in total. The van der Waals surface area contributed by atoms with Crippen molar-refractivity contribution in [3.63, 3.8) is 0 Å². The fourth-order valence-electron chi connectivity index (χ4n) is 3.17. The van der Waals surface area contributed by atoms with E-state index >= 15 is 0 Å². The molecule has 1 aliphatic rings. The Kier molecular flexibility index (Phi) is 6.36. The van der Waals surface area contributed by atoms with Gasteiger partial charge in [0.25, 0.3) is 5.91 Å². The summed E-state index contributed by atoms with van der Waals surface area (Å²) < 4.78 is 22.2. The third kappa shape index (κ3) is 5.17. The average Bonchev–Trinajstić information content (AvgIpc) is 3.41. The van der Waals surface area contributed by atoms with Crippen LogP contribution in [0.5, 0.6) is 0 Å². The quantitative estimate of drug-likeness (QED) is 0.519. The van der Waals surface area contributed by atoms with E-state index in [9.17, 15) is 18.8 Å². The Bertz CT molecular complexity index is 1220. The van der Waals surface area contributed by atoms with Crippen LogP contribution in [0.4, 0.5) is 20.7 Å². The van der Waals surface area contributed by atoms with Gasteiger partial charge in [-0.25, -0.2) is 19.2 Å². The van der Waals surface area contributed by atoms with E-state index in [2.05, 4.69) is 36.5 Å². The molecule has 1 saturated heterocycles. The molecule has 1 aromatic carbocycles. The molecule has 12 heteroatoms. The summed E-state index contributed by atoms with van der Waals surface area (Å²) >= 11 is 3.27. The van der Waals surface area contributed by atoms with Crippen molar-refractivity contribution in [3.05, 3.63) is 65.0 Å². The van der Waals surface area contributed by atoms with Crippen LogP contribution < -0.4 is 15.5 Å². The van der Waals surface area contributed by atoms with E-state index in [1.807, 2.05) is 0 Å². The SMILES string of the molecule is CC(=O)NC[C@H]1CN(c2ccc(-n3cnc(C(=O)Nc4ccc(Br)cn4)c3)c(F)c2)C(=O)O1. The van der Waals surface area contributed by atoms with E-state index in [1.165, 1.54) is 41.0 Å². The molecule has 0 spiro atoms. The average molecular weight is 517 g/mol. The zero-order valence-corrected chi connectivity index (χ0v) is 18.9. The molecule has 0 unspecified atom stereocenters. The molecule has 3 aromatic rings. The minimum Gasteiger partial charge on any atom is -0.442 e. The van der Waals surface area contributed by atoms with Crippen molar-refractivity contribution >= 4 is 45.3 Å². The summed E-state index contributed by atoms with van der Waals surface area (Å²) in [5.41, 5.74) is 0.535. The lowest BCUT2D eigenvalue weighted by Gasteiger charge is -2.14. The fourth-order valence-corrected chi connectivity index (χ4v) is 3.41. The second-order valence-corrected chi connectivity index (χ2v) is 8.09. The van der Waals surface area contributed by atoms with Gasteiger partial charge in [-0.05, 0) is 46.3 Å². The van der Waals surface area contributed by atoms with Gasteiger partial charge in [0.15, 0.2) is 0 Å². The monoisotopic (exact) mass is 516 g/mol. The Morgan fingerprint density at radius 3 is 2.79 bits per heavy atom. The van der Waals surface area contributed by atoms with Gasteiger partial charge in [0.1, 0.15) is 29.8 Å². The number of amides is 3. The highest BCUT2D eigenvalue weighted by Gasteiger charge is 2.32. The van der Waals surface area contributed by atoms with Gasteiger partial charge in [-0.1, -0.05) is 0 Å². The van der Waals surface area contributed by atoms with Gasteiger partial charge in [0.2, 0.25) is 5.91 Å². The fraction of sp³-hybridized carbons (Fsp3) is 0.190. The molecule has 10 nitrogen and oxygen atoms in total. The van der Waals surface area contributed by atoms with Gasteiger partial charge in [-0.3, -0.25) is 14.5 Å². The zero-order chi connectivity index (χ0) is 23.5. The first kappa shape index (κ1) is 22.4. The van der Waals surface area contributed by atoms with Crippen molar-refractivity contribution < 1.29 is 23.5 Å². The van der Waals surface area contributed by atoms with Crippen LogP contribution in [-0.4, -0.2) is 51.6 Å². The summed E-state index contributed by atoms with van der Waals surface area (Å²) in [6.45, 7) is 1.72. The number of carbonyl (C=O) groups excluding carboxylic acids is 3. The molecule has 0 bridgehead atoms. The maximum Gasteiger partial charge on any atom is 0.414 e. The number of anilines is 2. The smallest absolute Gasteiger partial charge is 0.414 e. The van der Waals surface area contributed by atoms with E-state index in [-0.39, 0.29) is 30.4 Å². The maximum absolute atomic E-state index is 14.9. The molecule has 170 valence electrons. The second kappa shape index (κ2) is 9.36. The van der Waals surface area contributed by atoms with E-state index < -0.39 is 23.9 Å². The number of nitrogens with one attached hydrogen (secondary N) is 2. The van der Waals surface area contributed by atoms with Crippen molar-refractivity contribution in [1.82, 2.24) is 19.9 Å². The highest BCUT2D eigenvalue weighted by Crippen LogP contribution is 2.25. The number of pyridine rings is 1. The molecule has 0 saturated carbocycles. The molecular formula is C21H18BrFN6O4. The number of hydrogen-bond donors (Lipinski definition) is 2. The largest absolute Gasteiger partial charge is 0.442 e. The van der Waals surface area contributed by atoms with Crippen LogP contribution in [0.3, 0.4) is 0 Å². The Hall–Kier alpha value is -3.80. The molecule has 33 heavy (non-hydrogen) atoms. The molecule has 1 atom stereocenters. The summed E-state index contributed by atoms with van der Waals surface area (Å²) in [6.07, 6.45) is 3.10. The predicted octanol–water partition coefficient (Wildman–Crippen LogP) is 2.88. The minimum atomic E-state index is -0.624. The molecule has 0 aliphatic carbocycles. The second-order valence-electron chi connectivity index (χ2n) is 7.17. The Morgan fingerprint density at radius 2 is 2.09 bits per heavy atom. The number of aromatic nitrogens is 3. The van der Waals surface area contributed by atoms with Gasteiger partial charge < -0.3 is 19.9 Å². The number of nitrogens with zero attached hydrogens (tertiary/aromatic N) is 4. The van der Waals surface area contributed by atoms with Crippen LogP contribution >= 0.6 is 15.9 Å². The van der Waals surface area contributed by atoms with E-state index in [0.717, 1.165) is 4.47 Å². The number of rotatable bonds is 6. The first-order valence-corrected chi connectivity index (χ1v) is 10.6. The zero-order valence-electron chi connectivity index (χ0n) is 17.3. The lowest BCUT2D eigenvalue weighted by atomic mass is 10.2. The molecule has 1 aliphatic heterocycles. The normalized spacial score (nSPS) is 15.3. The summed E-state index contributed by atoms with van der Waals surface area (Å²) in [6, 6.07) is 7.59. The topological polar surface area (TPSA) is 118 Å². The number of imidazole rings is 1. The third-order valence-electron chi connectivity index (χ3n) is 4.76. The molecule has 3 amide bonds. The van der Waals surface area contributed by atoms with Crippen molar-refractivity contribution in [3.8, 4) is 5.69 Å². The van der Waals surface area contributed by atoms with E-state index in [1.54, 1.807) is 24.4 Å². The van der Waals surface area contributed by atoms with Crippen molar-refractivity contribution in [2.45, 2.75) is 13.0 Å². The van der Waals surface area contributed by atoms with Crippen LogP contribution in [0.25, 0.3) is 5.69 Å². The van der Waals surface area contributed by atoms with Crippen LogP contribution in [0.15, 0.2) is 53.5 Å². The summed E-state index contributed by atoms with van der Waals surface area (Å²) in [7, 11) is 0. The van der Waals surface area contributed by atoms with Crippen molar-refractivity contribution in [2.75, 3.05) is 23.3 Å².